The van der Waals surface area contributed by atoms with Gasteiger partial charge in [-0.15, -0.1) is 0 Å². The zero-order valence-electron chi connectivity index (χ0n) is 9.71. The molecule has 0 saturated heterocycles. The summed E-state index contributed by atoms with van der Waals surface area (Å²) in [6.45, 7) is 0.195. The summed E-state index contributed by atoms with van der Waals surface area (Å²) in [4.78, 5) is 0.0775. The van der Waals surface area contributed by atoms with Crippen molar-refractivity contribution in [2.45, 2.75) is 30.2 Å². The molecule has 1 aliphatic rings. The highest BCUT2D eigenvalue weighted by Gasteiger charge is 2.37. The maximum Gasteiger partial charge on any atom is 0.243 e. The Bertz CT molecular complexity index is 559. The van der Waals surface area contributed by atoms with Crippen LogP contribution < -0.4 is 0 Å². The van der Waals surface area contributed by atoms with Crippen molar-refractivity contribution in [3.63, 3.8) is 0 Å². The molecule has 0 bridgehead atoms. The van der Waals surface area contributed by atoms with Gasteiger partial charge in [-0.25, -0.2) is 12.8 Å². The Morgan fingerprint density at radius 1 is 1.33 bits per heavy atom. The van der Waals surface area contributed by atoms with Crippen molar-refractivity contribution in [2.24, 2.45) is 0 Å². The van der Waals surface area contributed by atoms with Crippen LogP contribution in [0.5, 0.6) is 0 Å². The van der Waals surface area contributed by atoms with Gasteiger partial charge >= 0.3 is 0 Å². The number of hydrogen-bond donors (Lipinski definition) is 0. The minimum absolute atomic E-state index is 0.00611. The lowest BCUT2D eigenvalue weighted by atomic mass is 10.4. The fourth-order valence-electron chi connectivity index (χ4n) is 1.76. The highest BCUT2D eigenvalue weighted by atomic mass is 32.2. The van der Waals surface area contributed by atoms with E-state index in [2.05, 4.69) is 0 Å². The Morgan fingerprint density at radius 3 is 2.44 bits per heavy atom. The van der Waals surface area contributed by atoms with E-state index in [9.17, 15) is 12.8 Å². The van der Waals surface area contributed by atoms with Gasteiger partial charge in [0.1, 0.15) is 5.82 Å². The molecule has 1 aromatic carbocycles. The van der Waals surface area contributed by atoms with Crippen molar-refractivity contribution in [3.8, 4) is 6.07 Å². The third kappa shape index (κ3) is 2.68. The molecule has 0 amide bonds. The lowest BCUT2D eigenvalue weighted by Crippen LogP contribution is -2.33. The average Bonchev–Trinajstić information content (AvgIpc) is 3.14. The van der Waals surface area contributed by atoms with Gasteiger partial charge in [0.15, 0.2) is 0 Å². The minimum Gasteiger partial charge on any atom is -0.207 e. The molecule has 0 aromatic heterocycles. The average molecular weight is 268 g/mol. The number of rotatable bonds is 5. The molecule has 2 rings (SSSR count). The second-order valence-corrected chi connectivity index (χ2v) is 6.10. The molecule has 0 radical (unpaired) electrons. The van der Waals surface area contributed by atoms with E-state index in [1.807, 2.05) is 6.07 Å². The van der Waals surface area contributed by atoms with Crippen LogP contribution in [0.15, 0.2) is 29.2 Å². The van der Waals surface area contributed by atoms with Crippen molar-refractivity contribution in [2.75, 3.05) is 6.54 Å². The van der Waals surface area contributed by atoms with Crippen molar-refractivity contribution in [3.05, 3.63) is 30.1 Å². The molecular weight excluding hydrogens is 255 g/mol. The quantitative estimate of drug-likeness (QED) is 0.819. The van der Waals surface area contributed by atoms with Gasteiger partial charge < -0.3 is 0 Å². The zero-order chi connectivity index (χ0) is 13.2. The molecule has 4 nitrogen and oxygen atoms in total. The second-order valence-electron chi connectivity index (χ2n) is 4.21. The maximum absolute atomic E-state index is 12.8. The smallest absolute Gasteiger partial charge is 0.207 e. The first-order chi connectivity index (χ1) is 8.55. The molecule has 96 valence electrons. The van der Waals surface area contributed by atoms with E-state index >= 15 is 0 Å². The van der Waals surface area contributed by atoms with Crippen LogP contribution in [0.1, 0.15) is 19.3 Å². The number of benzene rings is 1. The molecular formula is C12H13FN2O2S. The van der Waals surface area contributed by atoms with Crippen molar-refractivity contribution in [1.29, 1.82) is 5.26 Å². The Kier molecular flexibility index (Phi) is 3.64. The number of halogens is 1. The fraction of sp³-hybridized carbons (Fsp3) is 0.417. The van der Waals surface area contributed by atoms with E-state index in [4.69, 9.17) is 5.26 Å². The van der Waals surface area contributed by atoms with Crippen LogP contribution >= 0.6 is 0 Å². The summed E-state index contributed by atoms with van der Waals surface area (Å²) in [6.07, 6.45) is 1.81. The highest BCUT2D eigenvalue weighted by Crippen LogP contribution is 2.32. The summed E-state index contributed by atoms with van der Waals surface area (Å²) < 4.78 is 38.8. The number of sulfonamides is 1. The molecule has 0 atom stereocenters. The number of nitrogens with zero attached hydrogens (tertiary/aromatic N) is 2. The van der Waals surface area contributed by atoms with Gasteiger partial charge in [0, 0.05) is 19.0 Å². The van der Waals surface area contributed by atoms with Crippen LogP contribution in [0.25, 0.3) is 0 Å². The monoisotopic (exact) mass is 268 g/mol. The molecule has 18 heavy (non-hydrogen) atoms. The molecule has 6 heteroatoms. The highest BCUT2D eigenvalue weighted by molar-refractivity contribution is 7.89. The van der Waals surface area contributed by atoms with Gasteiger partial charge in [-0.3, -0.25) is 0 Å². The van der Waals surface area contributed by atoms with Gasteiger partial charge in [0.2, 0.25) is 10.0 Å². The Hall–Kier alpha value is -1.45. The van der Waals surface area contributed by atoms with Crippen LogP contribution in [0.4, 0.5) is 4.39 Å². The van der Waals surface area contributed by atoms with Crippen LogP contribution in [0.2, 0.25) is 0 Å². The maximum atomic E-state index is 12.8. The van der Waals surface area contributed by atoms with E-state index in [-0.39, 0.29) is 23.9 Å². The predicted octanol–water partition coefficient (Wildman–Crippen LogP) is 1.89. The second kappa shape index (κ2) is 5.04. The lowest BCUT2D eigenvalue weighted by Gasteiger charge is -2.20. The summed E-state index contributed by atoms with van der Waals surface area (Å²) in [7, 11) is -3.61. The predicted molar refractivity (Wildman–Crippen MR) is 63.5 cm³/mol. The first kappa shape index (κ1) is 13.0. The summed E-state index contributed by atoms with van der Waals surface area (Å²) in [5.41, 5.74) is 0. The molecule has 1 saturated carbocycles. The van der Waals surface area contributed by atoms with E-state index in [1.165, 1.54) is 16.4 Å². The van der Waals surface area contributed by atoms with Gasteiger partial charge in [0.25, 0.3) is 0 Å². The summed E-state index contributed by atoms with van der Waals surface area (Å²) in [6, 6.07) is 6.71. The Morgan fingerprint density at radius 2 is 1.94 bits per heavy atom. The molecule has 1 fully saturated rings. The van der Waals surface area contributed by atoms with Crippen LogP contribution in [-0.4, -0.2) is 25.3 Å². The standard InChI is InChI=1S/C12H13FN2O2S/c13-10-2-6-12(7-3-10)18(16,17)15(9-1-8-14)11-4-5-11/h2-3,6-7,11H,1,4-5,9H2. The molecule has 0 N–H and O–H groups in total. The number of nitriles is 1. The Labute approximate surface area is 106 Å². The summed E-state index contributed by atoms with van der Waals surface area (Å²) in [5.74, 6) is -0.469. The van der Waals surface area contributed by atoms with Crippen LogP contribution in [0, 0.1) is 17.1 Å². The topological polar surface area (TPSA) is 61.2 Å². The van der Waals surface area contributed by atoms with Gasteiger partial charge in [-0.1, -0.05) is 0 Å². The summed E-state index contributed by atoms with van der Waals surface area (Å²) in [5, 5.41) is 8.57. The van der Waals surface area contributed by atoms with E-state index in [0.717, 1.165) is 25.0 Å². The summed E-state index contributed by atoms with van der Waals surface area (Å²) >= 11 is 0. The lowest BCUT2D eigenvalue weighted by molar-refractivity contribution is 0.411. The van der Waals surface area contributed by atoms with E-state index in [0.29, 0.717) is 0 Å². The Balaban J connectivity index is 2.27. The van der Waals surface area contributed by atoms with Gasteiger partial charge in [-0.05, 0) is 37.1 Å². The van der Waals surface area contributed by atoms with Crippen molar-refractivity contribution >= 4 is 10.0 Å². The first-order valence-electron chi connectivity index (χ1n) is 5.70. The van der Waals surface area contributed by atoms with Crippen molar-refractivity contribution in [1.82, 2.24) is 4.31 Å². The third-order valence-electron chi connectivity index (χ3n) is 2.82. The molecule has 0 aliphatic heterocycles. The minimum atomic E-state index is -3.61. The van der Waals surface area contributed by atoms with Crippen molar-refractivity contribution < 1.29 is 12.8 Å². The molecule has 0 spiro atoms. The number of hydrogen-bond acceptors (Lipinski definition) is 3. The van der Waals surface area contributed by atoms with E-state index < -0.39 is 15.8 Å². The third-order valence-corrected chi connectivity index (χ3v) is 4.78. The van der Waals surface area contributed by atoms with Gasteiger partial charge in [-0.2, -0.15) is 9.57 Å². The normalized spacial score (nSPS) is 15.6. The molecule has 0 unspecified atom stereocenters. The van der Waals surface area contributed by atoms with Crippen LogP contribution in [-0.2, 0) is 10.0 Å². The first-order valence-corrected chi connectivity index (χ1v) is 7.14. The van der Waals surface area contributed by atoms with Gasteiger partial charge in [0.05, 0.1) is 11.0 Å². The molecule has 0 heterocycles. The molecule has 1 aliphatic carbocycles. The molecule has 1 aromatic rings. The fourth-order valence-corrected chi connectivity index (χ4v) is 3.45. The zero-order valence-corrected chi connectivity index (χ0v) is 10.5. The van der Waals surface area contributed by atoms with Crippen LogP contribution in [0.3, 0.4) is 0 Å². The largest absolute Gasteiger partial charge is 0.243 e. The van der Waals surface area contributed by atoms with E-state index in [1.54, 1.807) is 0 Å². The SMILES string of the molecule is N#CCCN(C1CC1)S(=O)(=O)c1ccc(F)cc1.